The van der Waals surface area contributed by atoms with E-state index in [2.05, 4.69) is 20.8 Å². The highest BCUT2D eigenvalue weighted by Gasteiger charge is 2.05. The molecule has 102 valence electrons. The van der Waals surface area contributed by atoms with Gasteiger partial charge in [0.25, 0.3) is 0 Å². The maximum atomic E-state index is 11.0. The molecule has 0 aromatic carbocycles. The highest BCUT2D eigenvalue weighted by Crippen LogP contribution is 2.17. The van der Waals surface area contributed by atoms with Crippen molar-refractivity contribution in [1.82, 2.24) is 4.90 Å². The molecule has 0 aliphatic carbocycles. The molecule has 2 nitrogen and oxygen atoms in total. The van der Waals surface area contributed by atoms with Crippen LogP contribution in [-0.4, -0.2) is 24.4 Å². The van der Waals surface area contributed by atoms with Crippen LogP contribution in [0.15, 0.2) is 0 Å². The van der Waals surface area contributed by atoms with Gasteiger partial charge in [0.1, 0.15) is 0 Å². The maximum Gasteiger partial charge on any atom is 0.219 e. The molecule has 0 aromatic heterocycles. The minimum Gasteiger partial charge on any atom is -0.346 e. The summed E-state index contributed by atoms with van der Waals surface area (Å²) < 4.78 is 0. The smallest absolute Gasteiger partial charge is 0.219 e. The highest BCUT2D eigenvalue weighted by atomic mass is 16.2. The second kappa shape index (κ2) is 9.49. The van der Waals surface area contributed by atoms with Crippen molar-refractivity contribution in [3.05, 3.63) is 0 Å². The molecule has 1 unspecified atom stereocenters. The predicted octanol–water partition coefficient (Wildman–Crippen LogP) is 4.10. The third-order valence-electron chi connectivity index (χ3n) is 3.46. The van der Waals surface area contributed by atoms with Gasteiger partial charge in [-0.1, -0.05) is 52.9 Å². The molecule has 0 rings (SSSR count). The Morgan fingerprint density at radius 3 is 2.12 bits per heavy atom. The highest BCUT2D eigenvalue weighted by molar-refractivity contribution is 5.72. The van der Waals surface area contributed by atoms with Gasteiger partial charge < -0.3 is 4.90 Å². The van der Waals surface area contributed by atoms with Gasteiger partial charge >= 0.3 is 0 Å². The molecule has 0 saturated carbocycles. The molecule has 17 heavy (non-hydrogen) atoms. The van der Waals surface area contributed by atoms with Gasteiger partial charge in [-0.25, -0.2) is 0 Å². The standard InChI is InChI=1S/C15H31NO/c1-13(2)9-8-11-14(3)10-6-7-12-16(5)15(4)17/h13-14H,6-12H2,1-5H3. The molecular weight excluding hydrogens is 210 g/mol. The Morgan fingerprint density at radius 1 is 1.00 bits per heavy atom. The summed E-state index contributed by atoms with van der Waals surface area (Å²) in [6.07, 6.45) is 7.79. The van der Waals surface area contributed by atoms with Crippen molar-refractivity contribution >= 4 is 5.91 Å². The van der Waals surface area contributed by atoms with E-state index in [1.165, 1.54) is 32.1 Å². The number of hydrogen-bond donors (Lipinski definition) is 0. The molecule has 0 N–H and O–H groups in total. The lowest BCUT2D eigenvalue weighted by atomic mass is 9.95. The molecule has 1 atom stereocenters. The lowest BCUT2D eigenvalue weighted by Crippen LogP contribution is -2.24. The van der Waals surface area contributed by atoms with Crippen molar-refractivity contribution in [3.8, 4) is 0 Å². The summed E-state index contributed by atoms with van der Waals surface area (Å²) in [5, 5.41) is 0. The molecular formula is C15H31NO. The summed E-state index contributed by atoms with van der Waals surface area (Å²) in [7, 11) is 1.88. The molecule has 0 radical (unpaired) electrons. The predicted molar refractivity (Wildman–Crippen MR) is 75.0 cm³/mol. The van der Waals surface area contributed by atoms with E-state index in [0.717, 1.165) is 24.8 Å². The largest absolute Gasteiger partial charge is 0.346 e. The normalized spacial score (nSPS) is 12.8. The zero-order chi connectivity index (χ0) is 13.3. The van der Waals surface area contributed by atoms with Crippen molar-refractivity contribution in [1.29, 1.82) is 0 Å². The Hall–Kier alpha value is -0.530. The Morgan fingerprint density at radius 2 is 1.59 bits per heavy atom. The number of hydrogen-bond acceptors (Lipinski definition) is 1. The van der Waals surface area contributed by atoms with Gasteiger partial charge in [0, 0.05) is 20.5 Å². The van der Waals surface area contributed by atoms with Gasteiger partial charge in [0.05, 0.1) is 0 Å². The van der Waals surface area contributed by atoms with Crippen LogP contribution in [0.4, 0.5) is 0 Å². The Kier molecular flexibility index (Phi) is 9.20. The van der Waals surface area contributed by atoms with Gasteiger partial charge in [0.2, 0.25) is 5.91 Å². The molecule has 0 fully saturated rings. The zero-order valence-corrected chi connectivity index (χ0v) is 12.5. The van der Waals surface area contributed by atoms with E-state index in [9.17, 15) is 4.79 Å². The number of carbonyl (C=O) groups excluding carboxylic acids is 1. The third kappa shape index (κ3) is 10.3. The second-order valence-corrected chi connectivity index (χ2v) is 5.87. The van der Waals surface area contributed by atoms with Crippen LogP contribution in [0, 0.1) is 11.8 Å². The molecule has 0 bridgehead atoms. The second-order valence-electron chi connectivity index (χ2n) is 5.87. The van der Waals surface area contributed by atoms with Gasteiger partial charge in [-0.2, -0.15) is 0 Å². The van der Waals surface area contributed by atoms with Gasteiger partial charge in [-0.3, -0.25) is 4.79 Å². The van der Waals surface area contributed by atoms with Crippen LogP contribution in [0.5, 0.6) is 0 Å². The van der Waals surface area contributed by atoms with Crippen LogP contribution in [0.25, 0.3) is 0 Å². The quantitative estimate of drug-likeness (QED) is 0.557. The summed E-state index contributed by atoms with van der Waals surface area (Å²) in [5.74, 6) is 1.86. The van der Waals surface area contributed by atoms with Crippen LogP contribution < -0.4 is 0 Å². The van der Waals surface area contributed by atoms with Gasteiger partial charge in [-0.15, -0.1) is 0 Å². The lowest BCUT2D eigenvalue weighted by Gasteiger charge is -2.16. The first-order chi connectivity index (χ1) is 7.93. The minimum atomic E-state index is 0.176. The zero-order valence-electron chi connectivity index (χ0n) is 12.5. The van der Waals surface area contributed by atoms with Crippen LogP contribution >= 0.6 is 0 Å². The number of carbonyl (C=O) groups is 1. The Bertz CT molecular complexity index is 201. The SMILES string of the molecule is CC(=O)N(C)CCCCC(C)CCCC(C)C. The van der Waals surface area contributed by atoms with E-state index in [4.69, 9.17) is 0 Å². The van der Waals surface area contributed by atoms with Crippen molar-refractivity contribution in [2.45, 2.75) is 66.2 Å². The summed E-state index contributed by atoms with van der Waals surface area (Å²) in [5.41, 5.74) is 0. The molecule has 0 aliphatic heterocycles. The Labute approximate surface area is 108 Å². The van der Waals surface area contributed by atoms with E-state index in [1.807, 2.05) is 11.9 Å². The fourth-order valence-electron chi connectivity index (χ4n) is 2.02. The van der Waals surface area contributed by atoms with E-state index in [1.54, 1.807) is 6.92 Å². The summed E-state index contributed by atoms with van der Waals surface area (Å²) in [6, 6.07) is 0. The monoisotopic (exact) mass is 241 g/mol. The minimum absolute atomic E-state index is 0.176. The third-order valence-corrected chi connectivity index (χ3v) is 3.46. The first-order valence-electron chi connectivity index (χ1n) is 7.15. The number of nitrogens with zero attached hydrogens (tertiary/aromatic N) is 1. The molecule has 2 heteroatoms. The molecule has 0 spiro atoms. The summed E-state index contributed by atoms with van der Waals surface area (Å²) >= 11 is 0. The van der Waals surface area contributed by atoms with E-state index >= 15 is 0 Å². The lowest BCUT2D eigenvalue weighted by molar-refractivity contribution is -0.127. The van der Waals surface area contributed by atoms with Crippen LogP contribution in [0.3, 0.4) is 0 Å². The van der Waals surface area contributed by atoms with E-state index in [-0.39, 0.29) is 5.91 Å². The first-order valence-corrected chi connectivity index (χ1v) is 7.15. The van der Waals surface area contributed by atoms with Crippen LogP contribution in [-0.2, 0) is 4.79 Å². The topological polar surface area (TPSA) is 20.3 Å². The summed E-state index contributed by atoms with van der Waals surface area (Å²) in [4.78, 5) is 12.8. The van der Waals surface area contributed by atoms with Crippen molar-refractivity contribution in [3.63, 3.8) is 0 Å². The van der Waals surface area contributed by atoms with Crippen LogP contribution in [0.1, 0.15) is 66.2 Å². The molecule has 0 aliphatic rings. The molecule has 0 saturated heterocycles. The molecule has 0 aromatic rings. The number of unbranched alkanes of at least 4 members (excludes halogenated alkanes) is 1. The number of rotatable bonds is 9. The van der Waals surface area contributed by atoms with Crippen molar-refractivity contribution in [2.75, 3.05) is 13.6 Å². The van der Waals surface area contributed by atoms with E-state index in [0.29, 0.717) is 0 Å². The maximum absolute atomic E-state index is 11.0. The molecule has 0 heterocycles. The van der Waals surface area contributed by atoms with Crippen molar-refractivity contribution < 1.29 is 4.79 Å². The van der Waals surface area contributed by atoms with Crippen molar-refractivity contribution in [2.24, 2.45) is 11.8 Å². The Balaban J connectivity index is 3.39. The van der Waals surface area contributed by atoms with Gasteiger partial charge in [0.15, 0.2) is 0 Å². The van der Waals surface area contributed by atoms with Gasteiger partial charge in [-0.05, 0) is 18.3 Å². The number of amides is 1. The van der Waals surface area contributed by atoms with E-state index < -0.39 is 0 Å². The fraction of sp³-hybridized carbons (Fsp3) is 0.933. The first kappa shape index (κ1) is 16.5. The average Bonchev–Trinajstić information content (AvgIpc) is 2.23. The average molecular weight is 241 g/mol. The fourth-order valence-corrected chi connectivity index (χ4v) is 2.02. The molecule has 1 amide bonds. The van der Waals surface area contributed by atoms with Crippen LogP contribution in [0.2, 0.25) is 0 Å². The summed E-state index contributed by atoms with van der Waals surface area (Å²) in [6.45, 7) is 9.49.